The second-order valence-corrected chi connectivity index (χ2v) is 5.95. The van der Waals surface area contributed by atoms with Crippen molar-refractivity contribution >= 4 is 15.9 Å². The summed E-state index contributed by atoms with van der Waals surface area (Å²) in [6.45, 7) is 1.11. The van der Waals surface area contributed by atoms with Crippen molar-refractivity contribution in [1.82, 2.24) is 10.3 Å². The van der Waals surface area contributed by atoms with Crippen molar-refractivity contribution in [2.75, 3.05) is 13.6 Å². The Morgan fingerprint density at radius 3 is 2.76 bits per heavy atom. The van der Waals surface area contributed by atoms with Gasteiger partial charge in [0.15, 0.2) is 0 Å². The van der Waals surface area contributed by atoms with Gasteiger partial charge in [-0.25, -0.2) is 0 Å². The average Bonchev–Trinajstić information content (AvgIpc) is 2.85. The molecule has 17 heavy (non-hydrogen) atoms. The molecule has 0 spiro atoms. The molecule has 0 aliphatic heterocycles. The van der Waals surface area contributed by atoms with Crippen LogP contribution in [0.1, 0.15) is 31.4 Å². The van der Waals surface area contributed by atoms with Crippen LogP contribution in [0.2, 0.25) is 0 Å². The number of halogens is 1. The maximum atomic E-state index is 4.50. The monoisotopic (exact) mass is 296 g/mol. The van der Waals surface area contributed by atoms with E-state index in [-0.39, 0.29) is 0 Å². The molecule has 2 rings (SSSR count). The molecule has 0 radical (unpaired) electrons. The van der Waals surface area contributed by atoms with E-state index in [1.165, 1.54) is 31.4 Å². The van der Waals surface area contributed by atoms with E-state index in [4.69, 9.17) is 0 Å². The van der Waals surface area contributed by atoms with Gasteiger partial charge in [-0.3, -0.25) is 4.98 Å². The lowest BCUT2D eigenvalue weighted by molar-refractivity contribution is 0.326. The summed E-state index contributed by atoms with van der Waals surface area (Å²) in [5.74, 6) is 1.64. The van der Waals surface area contributed by atoms with Crippen molar-refractivity contribution < 1.29 is 0 Å². The Labute approximate surface area is 112 Å². The molecule has 1 atom stereocenters. The summed E-state index contributed by atoms with van der Waals surface area (Å²) in [6.07, 6.45) is 8.66. The van der Waals surface area contributed by atoms with Gasteiger partial charge in [-0.1, -0.05) is 25.7 Å². The minimum absolute atomic E-state index is 0.746. The molecular weight excluding hydrogens is 276 g/mol. The first-order valence-corrected chi connectivity index (χ1v) is 7.34. The zero-order valence-electron chi connectivity index (χ0n) is 10.5. The standard InChI is InChI=1S/C14H21BrN2/c1-16-9-12(11-4-2-3-5-11)8-14-7-6-13(15)10-17-14/h6-7,10-12,16H,2-5,8-9H2,1H3. The number of nitrogens with one attached hydrogen (secondary N) is 1. The van der Waals surface area contributed by atoms with Gasteiger partial charge in [0, 0.05) is 16.4 Å². The van der Waals surface area contributed by atoms with Gasteiger partial charge in [-0.15, -0.1) is 0 Å². The first-order valence-electron chi connectivity index (χ1n) is 6.54. The molecule has 1 aromatic rings. The van der Waals surface area contributed by atoms with Gasteiger partial charge in [-0.2, -0.15) is 0 Å². The minimum atomic E-state index is 0.746. The third-order valence-electron chi connectivity index (χ3n) is 3.79. The molecule has 1 heterocycles. The van der Waals surface area contributed by atoms with Crippen LogP contribution in [0.15, 0.2) is 22.8 Å². The molecule has 0 bridgehead atoms. The maximum absolute atomic E-state index is 4.50. The number of nitrogens with zero attached hydrogens (tertiary/aromatic N) is 1. The van der Waals surface area contributed by atoms with E-state index in [0.29, 0.717) is 0 Å². The van der Waals surface area contributed by atoms with E-state index in [9.17, 15) is 0 Å². The lowest BCUT2D eigenvalue weighted by atomic mass is 9.87. The van der Waals surface area contributed by atoms with E-state index in [1.54, 1.807) is 0 Å². The number of hydrogen-bond acceptors (Lipinski definition) is 2. The molecule has 1 N–H and O–H groups in total. The highest BCUT2D eigenvalue weighted by Gasteiger charge is 2.24. The van der Waals surface area contributed by atoms with Crippen LogP contribution in [-0.4, -0.2) is 18.6 Å². The lowest BCUT2D eigenvalue weighted by Gasteiger charge is -2.22. The molecule has 2 nitrogen and oxygen atoms in total. The normalized spacial score (nSPS) is 18.5. The quantitative estimate of drug-likeness (QED) is 0.901. The van der Waals surface area contributed by atoms with Crippen LogP contribution < -0.4 is 5.32 Å². The highest BCUT2D eigenvalue weighted by atomic mass is 79.9. The van der Waals surface area contributed by atoms with Crippen LogP contribution in [0.3, 0.4) is 0 Å². The fourth-order valence-electron chi connectivity index (χ4n) is 2.89. The molecule has 1 fully saturated rings. The van der Waals surface area contributed by atoms with E-state index in [0.717, 1.165) is 29.3 Å². The number of rotatable bonds is 5. The number of hydrogen-bond donors (Lipinski definition) is 1. The van der Waals surface area contributed by atoms with Gasteiger partial charge in [-0.05, 0) is 59.9 Å². The maximum Gasteiger partial charge on any atom is 0.0413 e. The van der Waals surface area contributed by atoms with E-state index in [2.05, 4.69) is 45.4 Å². The van der Waals surface area contributed by atoms with Crippen molar-refractivity contribution in [3.63, 3.8) is 0 Å². The van der Waals surface area contributed by atoms with Gasteiger partial charge >= 0.3 is 0 Å². The molecule has 1 unspecified atom stereocenters. The highest BCUT2D eigenvalue weighted by molar-refractivity contribution is 9.10. The van der Waals surface area contributed by atoms with Gasteiger partial charge in [0.05, 0.1) is 0 Å². The summed E-state index contributed by atoms with van der Waals surface area (Å²) in [5.41, 5.74) is 1.22. The van der Waals surface area contributed by atoms with Crippen molar-refractivity contribution in [3.05, 3.63) is 28.5 Å². The summed E-state index contributed by atoms with van der Waals surface area (Å²) in [4.78, 5) is 4.50. The Morgan fingerprint density at radius 2 is 2.18 bits per heavy atom. The summed E-state index contributed by atoms with van der Waals surface area (Å²) in [7, 11) is 2.05. The third-order valence-corrected chi connectivity index (χ3v) is 4.26. The number of pyridine rings is 1. The highest BCUT2D eigenvalue weighted by Crippen LogP contribution is 2.32. The van der Waals surface area contributed by atoms with Gasteiger partial charge in [0.2, 0.25) is 0 Å². The van der Waals surface area contributed by atoms with Crippen LogP contribution in [0.5, 0.6) is 0 Å². The van der Waals surface area contributed by atoms with Gasteiger partial charge in [0.25, 0.3) is 0 Å². The summed E-state index contributed by atoms with van der Waals surface area (Å²) in [6, 6.07) is 4.23. The first kappa shape index (κ1) is 13.0. The smallest absolute Gasteiger partial charge is 0.0413 e. The van der Waals surface area contributed by atoms with Crippen molar-refractivity contribution in [2.24, 2.45) is 11.8 Å². The molecule has 0 saturated heterocycles. The van der Waals surface area contributed by atoms with E-state index >= 15 is 0 Å². The topological polar surface area (TPSA) is 24.9 Å². The van der Waals surface area contributed by atoms with Gasteiger partial charge in [0.1, 0.15) is 0 Å². The second-order valence-electron chi connectivity index (χ2n) is 5.03. The second kappa shape index (κ2) is 6.50. The molecule has 0 aromatic carbocycles. The Morgan fingerprint density at radius 1 is 1.41 bits per heavy atom. The Bertz CT molecular complexity index is 331. The fourth-order valence-corrected chi connectivity index (χ4v) is 3.13. The molecule has 1 aliphatic rings. The Hall–Kier alpha value is -0.410. The van der Waals surface area contributed by atoms with Crippen LogP contribution in [0.25, 0.3) is 0 Å². The summed E-state index contributed by atoms with van der Waals surface area (Å²) >= 11 is 3.43. The van der Waals surface area contributed by atoms with Crippen LogP contribution in [0, 0.1) is 11.8 Å². The average molecular weight is 297 g/mol. The largest absolute Gasteiger partial charge is 0.319 e. The van der Waals surface area contributed by atoms with Crippen molar-refractivity contribution in [3.8, 4) is 0 Å². The molecule has 3 heteroatoms. The first-order chi connectivity index (χ1) is 8.29. The Balaban J connectivity index is 1.98. The van der Waals surface area contributed by atoms with Crippen LogP contribution >= 0.6 is 15.9 Å². The lowest BCUT2D eigenvalue weighted by Crippen LogP contribution is -2.26. The predicted octanol–water partition coefficient (Wildman–Crippen LogP) is 3.41. The number of aromatic nitrogens is 1. The van der Waals surface area contributed by atoms with E-state index in [1.807, 2.05) is 6.20 Å². The Kier molecular flexibility index (Phi) is 4.99. The summed E-state index contributed by atoms with van der Waals surface area (Å²) in [5, 5.41) is 3.34. The molecule has 0 amide bonds. The van der Waals surface area contributed by atoms with Gasteiger partial charge < -0.3 is 5.32 Å². The molecule has 94 valence electrons. The SMILES string of the molecule is CNCC(Cc1ccc(Br)cn1)C1CCCC1. The van der Waals surface area contributed by atoms with Crippen LogP contribution in [-0.2, 0) is 6.42 Å². The van der Waals surface area contributed by atoms with Crippen LogP contribution in [0.4, 0.5) is 0 Å². The van der Waals surface area contributed by atoms with Crippen molar-refractivity contribution in [1.29, 1.82) is 0 Å². The predicted molar refractivity (Wildman–Crippen MR) is 75.0 cm³/mol. The summed E-state index contributed by atoms with van der Waals surface area (Å²) < 4.78 is 1.06. The van der Waals surface area contributed by atoms with E-state index < -0.39 is 0 Å². The molecule has 1 saturated carbocycles. The fraction of sp³-hybridized carbons (Fsp3) is 0.643. The zero-order valence-corrected chi connectivity index (χ0v) is 12.0. The molecule has 1 aromatic heterocycles. The van der Waals surface area contributed by atoms with Crippen molar-refractivity contribution in [2.45, 2.75) is 32.1 Å². The molecular formula is C14H21BrN2. The minimum Gasteiger partial charge on any atom is -0.319 e. The zero-order chi connectivity index (χ0) is 12.1. The molecule has 1 aliphatic carbocycles. The third kappa shape index (κ3) is 3.78.